The molecule has 19 heavy (non-hydrogen) atoms. The Balaban J connectivity index is 2.49. The van der Waals surface area contributed by atoms with Gasteiger partial charge in [-0.3, -0.25) is 10.1 Å². The topological polar surface area (TPSA) is 81.2 Å². The molecular formula is C12H9Cl2N3O2. The van der Waals surface area contributed by atoms with Crippen LogP contribution >= 0.6 is 23.2 Å². The van der Waals surface area contributed by atoms with E-state index in [2.05, 4.69) is 5.32 Å². The molecule has 0 radical (unpaired) electrons. The summed E-state index contributed by atoms with van der Waals surface area (Å²) in [7, 11) is 0. The van der Waals surface area contributed by atoms with Gasteiger partial charge in [-0.2, -0.15) is 0 Å². The summed E-state index contributed by atoms with van der Waals surface area (Å²) in [5.41, 5.74) is 6.64. The lowest BCUT2D eigenvalue weighted by molar-refractivity contribution is -0.383. The van der Waals surface area contributed by atoms with E-state index < -0.39 is 4.92 Å². The van der Waals surface area contributed by atoms with Crippen LogP contribution in [0.2, 0.25) is 10.0 Å². The lowest BCUT2D eigenvalue weighted by Crippen LogP contribution is -1.99. The zero-order chi connectivity index (χ0) is 14.0. The van der Waals surface area contributed by atoms with Crippen LogP contribution in [0.5, 0.6) is 0 Å². The van der Waals surface area contributed by atoms with Crippen LogP contribution in [0.15, 0.2) is 36.4 Å². The van der Waals surface area contributed by atoms with Crippen LogP contribution in [-0.2, 0) is 0 Å². The van der Waals surface area contributed by atoms with Crippen molar-refractivity contribution in [2.75, 3.05) is 11.1 Å². The fraction of sp³-hybridized carbons (Fsp3) is 0. The molecule has 0 bridgehead atoms. The molecule has 0 fully saturated rings. The smallest absolute Gasteiger partial charge is 0.294 e. The summed E-state index contributed by atoms with van der Waals surface area (Å²) in [6.45, 7) is 0. The first-order valence-electron chi connectivity index (χ1n) is 5.24. The standard InChI is InChI=1S/C12H9Cl2N3O2/c13-8-5-4-7(15)6-10(8)16-12-9(14)2-1-3-11(12)17(18)19/h1-6,16H,15H2. The third-order valence-electron chi connectivity index (χ3n) is 2.44. The van der Waals surface area contributed by atoms with Crippen LogP contribution in [0, 0.1) is 10.1 Å². The van der Waals surface area contributed by atoms with E-state index in [0.29, 0.717) is 16.4 Å². The van der Waals surface area contributed by atoms with Gasteiger partial charge in [-0.15, -0.1) is 0 Å². The quantitative estimate of drug-likeness (QED) is 0.505. The van der Waals surface area contributed by atoms with Crippen molar-refractivity contribution in [2.45, 2.75) is 0 Å². The number of hydrogen-bond acceptors (Lipinski definition) is 4. The molecule has 0 saturated heterocycles. The van der Waals surface area contributed by atoms with Crippen LogP contribution in [0.3, 0.4) is 0 Å². The molecule has 2 aromatic rings. The van der Waals surface area contributed by atoms with Crippen LogP contribution in [0.25, 0.3) is 0 Å². The molecule has 0 unspecified atom stereocenters. The maximum atomic E-state index is 11.0. The number of benzene rings is 2. The first-order valence-corrected chi connectivity index (χ1v) is 5.99. The molecule has 0 saturated carbocycles. The molecule has 5 nitrogen and oxygen atoms in total. The number of para-hydroxylation sites is 1. The summed E-state index contributed by atoms with van der Waals surface area (Å²) in [6.07, 6.45) is 0. The minimum atomic E-state index is -0.519. The molecule has 0 amide bonds. The molecule has 98 valence electrons. The van der Waals surface area contributed by atoms with E-state index in [4.69, 9.17) is 28.9 Å². The van der Waals surface area contributed by atoms with Crippen molar-refractivity contribution in [1.29, 1.82) is 0 Å². The highest BCUT2D eigenvalue weighted by molar-refractivity contribution is 6.35. The number of anilines is 3. The van der Waals surface area contributed by atoms with E-state index in [0.717, 1.165) is 0 Å². The number of nitro benzene ring substituents is 1. The Labute approximate surface area is 119 Å². The second-order valence-corrected chi connectivity index (χ2v) is 4.57. The highest BCUT2D eigenvalue weighted by Gasteiger charge is 2.17. The third-order valence-corrected chi connectivity index (χ3v) is 3.08. The number of nitrogens with zero attached hydrogens (tertiary/aromatic N) is 1. The lowest BCUT2D eigenvalue weighted by atomic mass is 10.2. The van der Waals surface area contributed by atoms with Crippen LogP contribution in [0.1, 0.15) is 0 Å². The van der Waals surface area contributed by atoms with E-state index in [1.807, 2.05) is 0 Å². The van der Waals surface area contributed by atoms with Crippen molar-refractivity contribution in [3.05, 3.63) is 56.6 Å². The van der Waals surface area contributed by atoms with Gasteiger partial charge in [0.05, 0.1) is 20.7 Å². The monoisotopic (exact) mass is 297 g/mol. The Morgan fingerprint density at radius 2 is 1.89 bits per heavy atom. The maximum Gasteiger partial charge on any atom is 0.294 e. The van der Waals surface area contributed by atoms with Crippen molar-refractivity contribution < 1.29 is 4.92 Å². The molecule has 0 spiro atoms. The molecule has 0 aliphatic carbocycles. The van der Waals surface area contributed by atoms with E-state index >= 15 is 0 Å². The summed E-state index contributed by atoms with van der Waals surface area (Å²) in [5.74, 6) is 0. The number of nitrogen functional groups attached to an aromatic ring is 1. The predicted octanol–water partition coefficient (Wildman–Crippen LogP) is 4.23. The average Bonchev–Trinajstić information content (AvgIpc) is 2.35. The molecule has 3 N–H and O–H groups in total. The number of nitro groups is 1. The number of nitrogens with one attached hydrogen (secondary N) is 1. The Hall–Kier alpha value is -1.98. The Bertz CT molecular complexity index is 647. The Morgan fingerprint density at radius 1 is 1.16 bits per heavy atom. The van der Waals surface area contributed by atoms with Crippen molar-refractivity contribution >= 4 is 46.0 Å². The van der Waals surface area contributed by atoms with Crippen molar-refractivity contribution in [1.82, 2.24) is 0 Å². The fourth-order valence-electron chi connectivity index (χ4n) is 1.56. The van der Waals surface area contributed by atoms with E-state index in [9.17, 15) is 10.1 Å². The van der Waals surface area contributed by atoms with E-state index in [-0.39, 0.29) is 16.4 Å². The first kappa shape index (κ1) is 13.5. The normalized spacial score (nSPS) is 10.2. The highest BCUT2D eigenvalue weighted by Crippen LogP contribution is 2.36. The number of hydrogen-bond donors (Lipinski definition) is 2. The third kappa shape index (κ3) is 2.89. The average molecular weight is 298 g/mol. The highest BCUT2D eigenvalue weighted by atomic mass is 35.5. The van der Waals surface area contributed by atoms with Gasteiger partial charge in [-0.25, -0.2) is 0 Å². The summed E-state index contributed by atoms with van der Waals surface area (Å²) in [4.78, 5) is 10.4. The van der Waals surface area contributed by atoms with Gasteiger partial charge in [-0.05, 0) is 24.3 Å². The van der Waals surface area contributed by atoms with Gasteiger partial charge in [0, 0.05) is 11.8 Å². The molecule has 2 aromatic carbocycles. The SMILES string of the molecule is Nc1ccc(Cl)c(Nc2c(Cl)cccc2[N+](=O)[O-])c1. The molecule has 2 rings (SSSR count). The summed E-state index contributed by atoms with van der Waals surface area (Å²) in [6, 6.07) is 9.23. The molecule has 0 aromatic heterocycles. The van der Waals surface area contributed by atoms with Gasteiger partial charge in [-0.1, -0.05) is 29.3 Å². The molecule has 7 heteroatoms. The van der Waals surface area contributed by atoms with Gasteiger partial charge >= 0.3 is 0 Å². The summed E-state index contributed by atoms with van der Waals surface area (Å²) < 4.78 is 0. The van der Waals surface area contributed by atoms with Gasteiger partial charge in [0.25, 0.3) is 5.69 Å². The summed E-state index contributed by atoms with van der Waals surface area (Å²) in [5, 5.41) is 14.4. The second kappa shape index (κ2) is 5.34. The van der Waals surface area contributed by atoms with Gasteiger partial charge < -0.3 is 11.1 Å². The number of nitrogens with two attached hydrogens (primary N) is 1. The molecule has 0 aliphatic heterocycles. The van der Waals surface area contributed by atoms with Crippen LogP contribution in [0.4, 0.5) is 22.7 Å². The number of rotatable bonds is 3. The van der Waals surface area contributed by atoms with Crippen molar-refractivity contribution in [2.24, 2.45) is 0 Å². The minimum Gasteiger partial charge on any atom is -0.399 e. The zero-order valence-electron chi connectivity index (χ0n) is 9.56. The minimum absolute atomic E-state index is 0.133. The Kier molecular flexibility index (Phi) is 3.78. The van der Waals surface area contributed by atoms with Crippen molar-refractivity contribution in [3.63, 3.8) is 0 Å². The maximum absolute atomic E-state index is 11.0. The molecular weight excluding hydrogens is 289 g/mol. The summed E-state index contributed by atoms with van der Waals surface area (Å²) >= 11 is 12.0. The lowest BCUT2D eigenvalue weighted by Gasteiger charge is -2.11. The van der Waals surface area contributed by atoms with Gasteiger partial charge in [0.1, 0.15) is 5.69 Å². The fourth-order valence-corrected chi connectivity index (χ4v) is 1.94. The van der Waals surface area contributed by atoms with Crippen LogP contribution < -0.4 is 11.1 Å². The van der Waals surface area contributed by atoms with E-state index in [1.54, 1.807) is 24.3 Å². The van der Waals surface area contributed by atoms with Gasteiger partial charge in [0.15, 0.2) is 0 Å². The molecule has 0 atom stereocenters. The van der Waals surface area contributed by atoms with Crippen molar-refractivity contribution in [3.8, 4) is 0 Å². The van der Waals surface area contributed by atoms with Crippen LogP contribution in [-0.4, -0.2) is 4.92 Å². The molecule has 0 heterocycles. The zero-order valence-corrected chi connectivity index (χ0v) is 11.1. The van der Waals surface area contributed by atoms with E-state index in [1.165, 1.54) is 12.1 Å². The Morgan fingerprint density at radius 3 is 2.58 bits per heavy atom. The number of halogens is 2. The largest absolute Gasteiger partial charge is 0.399 e. The molecule has 0 aliphatic rings. The van der Waals surface area contributed by atoms with Gasteiger partial charge in [0.2, 0.25) is 0 Å². The predicted molar refractivity (Wildman–Crippen MR) is 77.3 cm³/mol. The first-order chi connectivity index (χ1) is 8.99. The second-order valence-electron chi connectivity index (χ2n) is 3.76.